The average molecular weight is 362 g/mol. The summed E-state index contributed by atoms with van der Waals surface area (Å²) in [6.45, 7) is 2.95. The van der Waals surface area contributed by atoms with Crippen LogP contribution in [-0.4, -0.2) is 41.2 Å². The Bertz CT molecular complexity index is 575. The zero-order chi connectivity index (χ0) is 17.6. The maximum absolute atomic E-state index is 11.9. The molecule has 128 valence electrons. The number of hydrogen-bond donors (Lipinski definition) is 3. The highest BCUT2D eigenvalue weighted by Gasteiger charge is 2.32. The number of Topliss-reactive ketones (excluding diaryl/α,β-unsaturated/α-hetero) is 1. The predicted molar refractivity (Wildman–Crippen MR) is 89.7 cm³/mol. The van der Waals surface area contributed by atoms with Gasteiger partial charge in [-0.25, -0.2) is 0 Å². The Labute approximate surface area is 145 Å². The van der Waals surface area contributed by atoms with E-state index < -0.39 is 17.4 Å². The van der Waals surface area contributed by atoms with Crippen molar-refractivity contribution >= 4 is 34.9 Å². The molecule has 3 N–H and O–H groups in total. The molecule has 7 heteroatoms. The van der Waals surface area contributed by atoms with E-state index in [0.29, 0.717) is 10.0 Å². The summed E-state index contributed by atoms with van der Waals surface area (Å²) in [4.78, 5) is 23.6. The van der Waals surface area contributed by atoms with Crippen molar-refractivity contribution in [3.05, 3.63) is 33.8 Å². The summed E-state index contributed by atoms with van der Waals surface area (Å²) in [7, 11) is 0. The third-order valence-corrected chi connectivity index (χ3v) is 4.22. The smallest absolute Gasteiger partial charge is 0.249 e. The van der Waals surface area contributed by atoms with Gasteiger partial charge in [-0.2, -0.15) is 0 Å². The van der Waals surface area contributed by atoms with E-state index in [0.717, 1.165) is 5.56 Å². The number of ketones is 1. The highest BCUT2D eigenvalue weighted by molar-refractivity contribution is 6.42. The highest BCUT2D eigenvalue weighted by Crippen LogP contribution is 2.23. The lowest BCUT2D eigenvalue weighted by Crippen LogP contribution is -2.46. The van der Waals surface area contributed by atoms with Crippen LogP contribution in [0, 0.1) is 5.41 Å². The Morgan fingerprint density at radius 2 is 1.91 bits per heavy atom. The summed E-state index contributed by atoms with van der Waals surface area (Å²) in [6.07, 6.45) is -1.01. The maximum atomic E-state index is 11.9. The lowest BCUT2D eigenvalue weighted by molar-refractivity contribution is -0.137. The summed E-state index contributed by atoms with van der Waals surface area (Å²) in [5.41, 5.74) is -0.189. The summed E-state index contributed by atoms with van der Waals surface area (Å²) >= 11 is 11.7. The number of nitrogens with one attached hydrogen (secondary N) is 1. The van der Waals surface area contributed by atoms with Crippen LogP contribution in [0.15, 0.2) is 18.2 Å². The first kappa shape index (κ1) is 19.9. The summed E-state index contributed by atoms with van der Waals surface area (Å²) < 4.78 is 0. The van der Waals surface area contributed by atoms with Crippen molar-refractivity contribution in [3.8, 4) is 0 Å². The van der Waals surface area contributed by atoms with E-state index >= 15 is 0 Å². The van der Waals surface area contributed by atoms with E-state index in [2.05, 4.69) is 5.32 Å². The van der Waals surface area contributed by atoms with Gasteiger partial charge in [0.2, 0.25) is 5.91 Å². The minimum absolute atomic E-state index is 0.0698. The molecule has 0 aliphatic rings. The van der Waals surface area contributed by atoms with Crippen LogP contribution in [0.25, 0.3) is 0 Å². The SMILES string of the molecule is CC(C)(CO)[C@@H](O)C(=O)NCCC(=O)Cc1ccc(Cl)c(Cl)c1. The first-order valence-corrected chi connectivity index (χ1v) is 7.95. The number of rotatable bonds is 8. The Hall–Kier alpha value is -1.14. The molecule has 0 saturated carbocycles. The van der Waals surface area contributed by atoms with Crippen LogP contribution in [0.2, 0.25) is 10.0 Å². The van der Waals surface area contributed by atoms with Gasteiger partial charge < -0.3 is 15.5 Å². The number of aliphatic hydroxyl groups excluding tert-OH is 2. The van der Waals surface area contributed by atoms with Gasteiger partial charge in [0, 0.05) is 24.8 Å². The van der Waals surface area contributed by atoms with Gasteiger partial charge >= 0.3 is 0 Å². The standard InChI is InChI=1S/C16H21Cl2NO4/c1-16(2,9-20)14(22)15(23)19-6-5-11(21)7-10-3-4-12(17)13(18)8-10/h3-4,8,14,20,22H,5-7,9H2,1-2H3,(H,19,23)/t14-/m0/s1. The molecule has 1 aromatic carbocycles. The Kier molecular flexibility index (Phi) is 7.48. The fourth-order valence-electron chi connectivity index (χ4n) is 1.83. The van der Waals surface area contributed by atoms with Gasteiger partial charge in [0.05, 0.1) is 16.7 Å². The molecule has 0 bridgehead atoms. The molecule has 1 aromatic rings. The van der Waals surface area contributed by atoms with E-state index in [9.17, 15) is 14.7 Å². The second-order valence-corrected chi connectivity index (χ2v) is 6.87. The molecule has 1 amide bonds. The van der Waals surface area contributed by atoms with Crippen molar-refractivity contribution in [2.24, 2.45) is 5.41 Å². The molecule has 0 unspecified atom stereocenters. The van der Waals surface area contributed by atoms with Gasteiger partial charge in [-0.05, 0) is 17.7 Å². The van der Waals surface area contributed by atoms with E-state index in [1.165, 1.54) is 0 Å². The molecule has 1 rings (SSSR count). The number of hydrogen-bond acceptors (Lipinski definition) is 4. The number of carbonyl (C=O) groups is 2. The van der Waals surface area contributed by atoms with E-state index in [4.69, 9.17) is 28.3 Å². The van der Waals surface area contributed by atoms with E-state index in [1.807, 2.05) is 0 Å². The Balaban J connectivity index is 2.42. The quantitative estimate of drug-likeness (QED) is 0.660. The number of benzene rings is 1. The fraction of sp³-hybridized carbons (Fsp3) is 0.500. The van der Waals surface area contributed by atoms with Crippen molar-refractivity contribution < 1.29 is 19.8 Å². The van der Waals surface area contributed by atoms with Gasteiger partial charge in [0.1, 0.15) is 11.9 Å². The van der Waals surface area contributed by atoms with Gasteiger partial charge in [-0.3, -0.25) is 9.59 Å². The lowest BCUT2D eigenvalue weighted by atomic mass is 9.87. The average Bonchev–Trinajstić information content (AvgIpc) is 2.50. The van der Waals surface area contributed by atoms with Gasteiger partial charge in [0.25, 0.3) is 0 Å². The maximum Gasteiger partial charge on any atom is 0.249 e. The largest absolute Gasteiger partial charge is 0.396 e. The number of halogens is 2. The van der Waals surface area contributed by atoms with Crippen LogP contribution in [0.4, 0.5) is 0 Å². The topological polar surface area (TPSA) is 86.6 Å². The third kappa shape index (κ3) is 6.11. The monoisotopic (exact) mass is 361 g/mol. The van der Waals surface area contributed by atoms with Gasteiger partial charge in [0.15, 0.2) is 0 Å². The van der Waals surface area contributed by atoms with E-state index in [-0.39, 0.29) is 31.8 Å². The zero-order valence-electron chi connectivity index (χ0n) is 13.1. The molecule has 0 aliphatic carbocycles. The zero-order valence-corrected chi connectivity index (χ0v) is 14.6. The molecular weight excluding hydrogens is 341 g/mol. The normalized spacial score (nSPS) is 12.8. The molecular formula is C16H21Cl2NO4. The fourth-order valence-corrected chi connectivity index (χ4v) is 2.15. The van der Waals surface area contributed by atoms with Gasteiger partial charge in [-0.15, -0.1) is 0 Å². The third-order valence-electron chi connectivity index (χ3n) is 3.48. The minimum atomic E-state index is -1.34. The van der Waals surface area contributed by atoms with Crippen LogP contribution >= 0.6 is 23.2 Å². The highest BCUT2D eigenvalue weighted by atomic mass is 35.5. The van der Waals surface area contributed by atoms with Crippen LogP contribution in [0.5, 0.6) is 0 Å². The van der Waals surface area contributed by atoms with Crippen molar-refractivity contribution in [1.82, 2.24) is 5.32 Å². The molecule has 0 aliphatic heterocycles. The molecule has 0 saturated heterocycles. The summed E-state index contributed by atoms with van der Waals surface area (Å²) in [5.74, 6) is -0.675. The number of amides is 1. The van der Waals surface area contributed by atoms with Gasteiger partial charge in [-0.1, -0.05) is 43.1 Å². The molecule has 1 atom stereocenters. The summed E-state index contributed by atoms with van der Waals surface area (Å²) in [6, 6.07) is 4.98. The second kappa shape index (κ2) is 8.64. The molecule has 23 heavy (non-hydrogen) atoms. The molecule has 5 nitrogen and oxygen atoms in total. The molecule has 0 aromatic heterocycles. The first-order chi connectivity index (χ1) is 10.7. The van der Waals surface area contributed by atoms with Crippen LogP contribution < -0.4 is 5.32 Å². The van der Waals surface area contributed by atoms with Crippen molar-refractivity contribution in [2.45, 2.75) is 32.8 Å². The summed E-state index contributed by atoms with van der Waals surface area (Å²) in [5, 5.41) is 22.2. The van der Waals surface area contributed by atoms with Crippen LogP contribution in [0.1, 0.15) is 25.8 Å². The second-order valence-electron chi connectivity index (χ2n) is 6.05. The molecule has 0 fully saturated rings. The van der Waals surface area contributed by atoms with Crippen molar-refractivity contribution in [3.63, 3.8) is 0 Å². The molecule has 0 radical (unpaired) electrons. The minimum Gasteiger partial charge on any atom is -0.396 e. The first-order valence-electron chi connectivity index (χ1n) is 7.19. The van der Waals surface area contributed by atoms with E-state index in [1.54, 1.807) is 32.0 Å². The van der Waals surface area contributed by atoms with Crippen molar-refractivity contribution in [1.29, 1.82) is 0 Å². The van der Waals surface area contributed by atoms with Crippen LogP contribution in [0.3, 0.4) is 0 Å². The number of aliphatic hydroxyl groups is 2. The van der Waals surface area contributed by atoms with Crippen LogP contribution in [-0.2, 0) is 16.0 Å². The predicted octanol–water partition coefficient (Wildman–Crippen LogP) is 1.99. The Morgan fingerprint density at radius 3 is 2.48 bits per heavy atom. The lowest BCUT2D eigenvalue weighted by Gasteiger charge is -2.27. The number of carbonyl (C=O) groups excluding carboxylic acids is 2. The molecule has 0 spiro atoms. The Morgan fingerprint density at radius 1 is 1.26 bits per heavy atom. The van der Waals surface area contributed by atoms with Crippen molar-refractivity contribution in [2.75, 3.05) is 13.2 Å². The molecule has 0 heterocycles.